The minimum absolute atomic E-state index is 0.282. The molecule has 1 unspecified atom stereocenters. The van der Waals surface area contributed by atoms with Crippen LogP contribution in [0.5, 0.6) is 0 Å². The first-order chi connectivity index (χ1) is 8.85. The van der Waals surface area contributed by atoms with Crippen LogP contribution < -0.4 is 0 Å². The third-order valence-corrected chi connectivity index (χ3v) is 3.80. The van der Waals surface area contributed by atoms with Crippen LogP contribution in [0, 0.1) is 5.41 Å². The van der Waals surface area contributed by atoms with E-state index >= 15 is 0 Å². The zero-order chi connectivity index (χ0) is 14.6. The molecule has 0 aromatic rings. The lowest BCUT2D eigenvalue weighted by Gasteiger charge is -2.34. The number of halogens is 1. The summed E-state index contributed by atoms with van der Waals surface area (Å²) in [6.45, 7) is 5.46. The second-order valence-corrected chi connectivity index (χ2v) is 5.47. The number of likely N-dealkylation sites (tertiary alicyclic amines) is 1. The molecule has 1 heterocycles. The lowest BCUT2D eigenvalue weighted by atomic mass is 9.84. The van der Waals surface area contributed by atoms with Gasteiger partial charge in [-0.3, -0.25) is 14.5 Å². The number of piperidine rings is 1. The third-order valence-electron chi connectivity index (χ3n) is 3.80. The summed E-state index contributed by atoms with van der Waals surface area (Å²) in [6.07, 6.45) is 2.24. The van der Waals surface area contributed by atoms with E-state index in [1.54, 1.807) is 13.8 Å². The smallest absolute Gasteiger partial charge is 0.322 e. The summed E-state index contributed by atoms with van der Waals surface area (Å²) in [5, 5.41) is 0. The molecule has 0 aliphatic carbocycles. The van der Waals surface area contributed by atoms with E-state index in [-0.39, 0.29) is 6.54 Å². The van der Waals surface area contributed by atoms with Crippen LogP contribution in [0.4, 0.5) is 4.53 Å². The largest absolute Gasteiger partial charge is 0.371 e. The summed E-state index contributed by atoms with van der Waals surface area (Å²) < 4.78 is 12.0. The fourth-order valence-electron chi connectivity index (χ4n) is 2.05. The van der Waals surface area contributed by atoms with Crippen molar-refractivity contribution in [3.8, 4) is 0 Å². The summed E-state index contributed by atoms with van der Waals surface area (Å²) in [4.78, 5) is 40.0. The van der Waals surface area contributed by atoms with Crippen molar-refractivity contribution in [3.63, 3.8) is 0 Å². The van der Waals surface area contributed by atoms with Gasteiger partial charge in [0.2, 0.25) is 5.78 Å². The highest BCUT2D eigenvalue weighted by atomic mass is 19.3. The van der Waals surface area contributed by atoms with E-state index in [1.165, 1.54) is 0 Å². The fraction of sp³-hybridized carbons (Fsp3) is 0.769. The summed E-state index contributed by atoms with van der Waals surface area (Å²) in [5.74, 6) is -2.37. The van der Waals surface area contributed by atoms with E-state index < -0.39 is 29.1 Å². The normalized spacial score (nSPS) is 20.0. The highest BCUT2D eigenvalue weighted by Crippen LogP contribution is 2.25. The number of hydrogen-bond acceptors (Lipinski definition) is 4. The number of ketones is 1. The quantitative estimate of drug-likeness (QED) is 0.733. The lowest BCUT2D eigenvalue weighted by Crippen LogP contribution is -2.52. The van der Waals surface area contributed by atoms with E-state index in [0.29, 0.717) is 25.7 Å². The monoisotopic (exact) mass is 273 g/mol. The van der Waals surface area contributed by atoms with Crippen molar-refractivity contribution in [2.75, 3.05) is 6.54 Å². The number of carbonyl (C=O) groups is 3. The number of rotatable bonds is 4. The molecule has 0 saturated carbocycles. The summed E-state index contributed by atoms with van der Waals surface area (Å²) >= 11 is 0. The van der Waals surface area contributed by atoms with E-state index in [9.17, 15) is 18.9 Å². The fourth-order valence-corrected chi connectivity index (χ4v) is 2.05. The Hall–Kier alpha value is -1.46. The first-order valence-electron chi connectivity index (χ1n) is 6.53. The van der Waals surface area contributed by atoms with Gasteiger partial charge >= 0.3 is 5.97 Å². The van der Waals surface area contributed by atoms with Crippen LogP contribution in [0.3, 0.4) is 0 Å². The predicted octanol–water partition coefficient (Wildman–Crippen LogP) is 1.80. The van der Waals surface area contributed by atoms with Gasteiger partial charge in [0, 0.05) is 16.5 Å². The predicted molar refractivity (Wildman–Crippen MR) is 65.6 cm³/mol. The Morgan fingerprint density at radius 1 is 1.32 bits per heavy atom. The Morgan fingerprint density at radius 3 is 2.47 bits per heavy atom. The molecule has 0 aromatic heterocycles. The third kappa shape index (κ3) is 3.30. The van der Waals surface area contributed by atoms with Gasteiger partial charge < -0.3 is 4.90 Å². The van der Waals surface area contributed by atoms with Gasteiger partial charge in [0.1, 0.15) is 6.04 Å². The maximum atomic E-state index is 12.2. The Balaban J connectivity index is 2.89. The molecule has 5 nitrogen and oxygen atoms in total. The molecule has 19 heavy (non-hydrogen) atoms. The number of nitrogens with zero attached hydrogens (tertiary/aromatic N) is 1. The van der Waals surface area contributed by atoms with Gasteiger partial charge in [0.25, 0.3) is 5.91 Å². The van der Waals surface area contributed by atoms with Gasteiger partial charge in [-0.2, -0.15) is 0 Å². The van der Waals surface area contributed by atoms with E-state index in [1.807, 2.05) is 6.92 Å². The maximum absolute atomic E-state index is 12.2. The van der Waals surface area contributed by atoms with Crippen molar-refractivity contribution in [1.29, 1.82) is 0 Å². The molecule has 0 spiro atoms. The second kappa shape index (κ2) is 6.12. The molecule has 1 saturated heterocycles. The molecule has 1 atom stereocenters. The van der Waals surface area contributed by atoms with Crippen LogP contribution >= 0.6 is 0 Å². The Labute approximate surface area is 112 Å². The minimum Gasteiger partial charge on any atom is -0.322 e. The van der Waals surface area contributed by atoms with Gasteiger partial charge in [0.15, 0.2) is 0 Å². The van der Waals surface area contributed by atoms with Crippen LogP contribution in [0.1, 0.15) is 46.5 Å². The van der Waals surface area contributed by atoms with E-state index in [0.717, 1.165) is 4.90 Å². The standard InChI is InChI=1S/C13H20FNO4/c1-4-13(2,3)10(16)11(17)15-8-6-5-7-9(15)12(18)19-14/h9H,4-8H2,1-3H3. The second-order valence-electron chi connectivity index (χ2n) is 5.47. The topological polar surface area (TPSA) is 63.7 Å². The van der Waals surface area contributed by atoms with Crippen LogP contribution in [0.25, 0.3) is 0 Å². The highest BCUT2D eigenvalue weighted by molar-refractivity contribution is 6.38. The molecular formula is C13H20FNO4. The van der Waals surface area contributed by atoms with Gasteiger partial charge in [-0.15, -0.1) is 0 Å². The van der Waals surface area contributed by atoms with Gasteiger partial charge in [0.05, 0.1) is 0 Å². The number of hydrogen-bond donors (Lipinski definition) is 0. The molecule has 108 valence electrons. The summed E-state index contributed by atoms with van der Waals surface area (Å²) in [7, 11) is 0. The first kappa shape index (κ1) is 15.6. The molecule has 0 aromatic carbocycles. The van der Waals surface area contributed by atoms with E-state index in [2.05, 4.69) is 4.94 Å². The molecule has 1 aliphatic rings. The van der Waals surface area contributed by atoms with Gasteiger partial charge in [-0.05, 0) is 25.7 Å². The SMILES string of the molecule is CCC(C)(C)C(=O)C(=O)N1CCCCC1C(=O)OF. The Bertz CT molecular complexity index is 381. The minimum atomic E-state index is -1.10. The molecule has 1 rings (SSSR count). The van der Waals surface area contributed by atoms with Crippen LogP contribution in [0.15, 0.2) is 0 Å². The number of carbonyl (C=O) groups excluding carboxylic acids is 3. The van der Waals surface area contributed by atoms with Crippen molar-refractivity contribution >= 4 is 17.7 Å². The van der Waals surface area contributed by atoms with Crippen molar-refractivity contribution < 1.29 is 23.9 Å². The number of Topliss-reactive ketones (excluding diaryl/α,β-unsaturated/α-hetero) is 1. The summed E-state index contributed by atoms with van der Waals surface area (Å²) in [5.41, 5.74) is -0.779. The van der Waals surface area contributed by atoms with Gasteiger partial charge in [-0.25, -0.2) is 4.79 Å². The Kier molecular flexibility index (Phi) is 5.03. The van der Waals surface area contributed by atoms with Crippen molar-refractivity contribution in [1.82, 2.24) is 4.90 Å². The average Bonchev–Trinajstić information content (AvgIpc) is 2.44. The van der Waals surface area contributed by atoms with Crippen LogP contribution in [0.2, 0.25) is 0 Å². The van der Waals surface area contributed by atoms with Gasteiger partial charge in [-0.1, -0.05) is 20.8 Å². The number of amides is 1. The molecule has 1 aliphatic heterocycles. The molecule has 0 N–H and O–H groups in total. The molecule has 0 bridgehead atoms. The van der Waals surface area contributed by atoms with Crippen LogP contribution in [-0.2, 0) is 19.3 Å². The maximum Gasteiger partial charge on any atom is 0.371 e. The Morgan fingerprint density at radius 2 is 1.95 bits per heavy atom. The van der Waals surface area contributed by atoms with E-state index in [4.69, 9.17) is 0 Å². The lowest BCUT2D eigenvalue weighted by molar-refractivity contribution is -0.192. The highest BCUT2D eigenvalue weighted by Gasteiger charge is 2.40. The van der Waals surface area contributed by atoms with Crippen molar-refractivity contribution in [2.45, 2.75) is 52.5 Å². The molecule has 0 radical (unpaired) electrons. The molecule has 1 fully saturated rings. The molecular weight excluding hydrogens is 253 g/mol. The molecule has 6 heteroatoms. The van der Waals surface area contributed by atoms with Crippen molar-refractivity contribution in [3.05, 3.63) is 0 Å². The molecule has 1 amide bonds. The zero-order valence-electron chi connectivity index (χ0n) is 11.6. The zero-order valence-corrected chi connectivity index (χ0v) is 11.6. The van der Waals surface area contributed by atoms with Crippen molar-refractivity contribution in [2.24, 2.45) is 5.41 Å². The first-order valence-corrected chi connectivity index (χ1v) is 6.53. The van der Waals surface area contributed by atoms with Crippen LogP contribution in [-0.4, -0.2) is 35.1 Å². The summed E-state index contributed by atoms with van der Waals surface area (Å²) in [6, 6.07) is -0.983. The average molecular weight is 273 g/mol.